The molecule has 0 amide bonds. The average Bonchev–Trinajstić information content (AvgIpc) is 2.59. The lowest BCUT2D eigenvalue weighted by Crippen LogP contribution is -2.61. The van der Waals surface area contributed by atoms with Crippen molar-refractivity contribution in [3.05, 3.63) is 0 Å². The second-order valence-corrected chi connectivity index (χ2v) is 8.51. The molecule has 0 saturated heterocycles. The van der Waals surface area contributed by atoms with Gasteiger partial charge in [0.25, 0.3) is 0 Å². The van der Waals surface area contributed by atoms with E-state index in [1.807, 2.05) is 0 Å². The van der Waals surface area contributed by atoms with Gasteiger partial charge in [0.1, 0.15) is 4.32 Å². The number of hydrogen-bond acceptors (Lipinski definition) is 1. The maximum atomic E-state index is 5.73. The van der Waals surface area contributed by atoms with E-state index in [2.05, 4.69) is 46.4 Å². The fraction of sp³-hybridized carbons (Fsp3) is 0.952. The molecule has 0 rings (SSSR count). The molecule has 1 nitrogen and oxygen atoms in total. The monoisotopic (exact) mass is 373 g/mol. The molecule has 0 aromatic heterocycles. The van der Waals surface area contributed by atoms with Gasteiger partial charge in [-0.05, 0) is 38.5 Å². The van der Waals surface area contributed by atoms with Crippen molar-refractivity contribution >= 4 is 29.2 Å². The van der Waals surface area contributed by atoms with Gasteiger partial charge in [0, 0.05) is 11.1 Å². The van der Waals surface area contributed by atoms with Crippen LogP contribution in [0.15, 0.2) is 0 Å². The Morgan fingerprint density at radius 1 is 0.708 bits per heavy atom. The van der Waals surface area contributed by atoms with Crippen LogP contribution >= 0.6 is 24.8 Å². The summed E-state index contributed by atoms with van der Waals surface area (Å²) >= 11 is 10.5. The van der Waals surface area contributed by atoms with Crippen LogP contribution in [-0.2, 0) is 0 Å². The Morgan fingerprint density at radius 3 is 1.25 bits per heavy atom. The Labute approximate surface area is 163 Å². The summed E-state index contributed by atoms with van der Waals surface area (Å²) in [7, 11) is 0. The van der Waals surface area contributed by atoms with Crippen LogP contribution < -0.4 is 0 Å². The zero-order valence-electron chi connectivity index (χ0n) is 17.3. The summed E-state index contributed by atoms with van der Waals surface area (Å²) in [4.78, 5) is 2.60. The summed E-state index contributed by atoms with van der Waals surface area (Å²) in [5, 5.41) is 0. The first-order valence-corrected chi connectivity index (χ1v) is 11.3. The van der Waals surface area contributed by atoms with Gasteiger partial charge in [-0.25, -0.2) is 0 Å². The summed E-state index contributed by atoms with van der Waals surface area (Å²) in [6.45, 7) is 13.9. The predicted octanol–water partition coefficient (Wildman–Crippen LogP) is 7.78. The van der Waals surface area contributed by atoms with E-state index < -0.39 is 0 Å². The van der Waals surface area contributed by atoms with Gasteiger partial charge < -0.3 is 4.90 Å². The quantitative estimate of drug-likeness (QED) is 0.188. The first kappa shape index (κ1) is 24.2. The van der Waals surface area contributed by atoms with Crippen molar-refractivity contribution in [2.45, 2.75) is 130 Å². The molecule has 0 aliphatic carbocycles. The molecular weight excluding hydrogens is 330 g/mol. The van der Waals surface area contributed by atoms with E-state index in [1.165, 1.54) is 51.4 Å². The molecule has 0 atom stereocenters. The normalized spacial score (nSPS) is 12.5. The Kier molecular flexibility index (Phi) is 12.7. The molecule has 0 aliphatic heterocycles. The summed E-state index contributed by atoms with van der Waals surface area (Å²) in [6.07, 6.45) is 14.9. The number of thiocarbonyl (C=S) groups is 1. The van der Waals surface area contributed by atoms with Gasteiger partial charge in [0.05, 0.1) is 0 Å². The number of unbranched alkanes of at least 4 members (excludes halogenated alkanes) is 4. The van der Waals surface area contributed by atoms with E-state index >= 15 is 0 Å². The van der Waals surface area contributed by atoms with Crippen molar-refractivity contribution in [3.8, 4) is 0 Å². The SMILES string of the molecule is CCCCCC(CC)(CC)N(C(=S)S)C(CC)(CC)CCCCC. The Hall–Kier alpha value is 0.240. The maximum absolute atomic E-state index is 5.73. The molecule has 0 aromatic rings. The second kappa shape index (κ2) is 12.6. The molecule has 0 spiro atoms. The third-order valence-electron chi connectivity index (χ3n) is 6.26. The lowest BCUT2D eigenvalue weighted by molar-refractivity contribution is 0.0224. The van der Waals surface area contributed by atoms with Gasteiger partial charge in [-0.3, -0.25) is 0 Å². The Bertz CT molecular complexity index is 307. The minimum absolute atomic E-state index is 0.173. The molecule has 0 heterocycles. The van der Waals surface area contributed by atoms with E-state index in [-0.39, 0.29) is 11.1 Å². The molecule has 24 heavy (non-hydrogen) atoms. The van der Waals surface area contributed by atoms with Crippen LogP contribution in [0.5, 0.6) is 0 Å². The minimum atomic E-state index is 0.173. The molecule has 3 heteroatoms. The molecule has 144 valence electrons. The van der Waals surface area contributed by atoms with E-state index in [4.69, 9.17) is 24.8 Å². The third-order valence-corrected chi connectivity index (χ3v) is 6.65. The molecule has 0 N–H and O–H groups in total. The van der Waals surface area contributed by atoms with Crippen LogP contribution in [-0.4, -0.2) is 20.3 Å². The molecule has 0 aromatic carbocycles. The largest absolute Gasteiger partial charge is 0.346 e. The summed E-state index contributed by atoms with van der Waals surface area (Å²) in [6, 6.07) is 0. The number of nitrogens with zero attached hydrogens (tertiary/aromatic N) is 1. The predicted molar refractivity (Wildman–Crippen MR) is 118 cm³/mol. The molecule has 0 radical (unpaired) electrons. The Morgan fingerprint density at radius 2 is 1.04 bits per heavy atom. The second-order valence-electron chi connectivity index (χ2n) is 7.40. The molecule has 0 saturated carbocycles. The van der Waals surface area contributed by atoms with Gasteiger partial charge in [-0.2, -0.15) is 0 Å². The fourth-order valence-electron chi connectivity index (χ4n) is 4.38. The van der Waals surface area contributed by atoms with Crippen LogP contribution in [0, 0.1) is 0 Å². The highest BCUT2D eigenvalue weighted by molar-refractivity contribution is 8.10. The number of thiol groups is 1. The highest BCUT2D eigenvalue weighted by atomic mass is 32.1. The topological polar surface area (TPSA) is 3.24 Å². The standard InChI is InChI=1S/C21H43NS2/c1-7-13-15-17-20(9-3,10-4)22(19(23)24)21(11-5,12-6)18-16-14-8-2/h7-18H2,1-6H3,(H,23,24). The van der Waals surface area contributed by atoms with E-state index in [0.29, 0.717) is 0 Å². The van der Waals surface area contributed by atoms with Crippen molar-refractivity contribution in [2.75, 3.05) is 0 Å². The van der Waals surface area contributed by atoms with Crippen LogP contribution in [0.2, 0.25) is 0 Å². The van der Waals surface area contributed by atoms with Gasteiger partial charge in [-0.1, -0.05) is 92.3 Å². The van der Waals surface area contributed by atoms with Crippen LogP contribution in [0.25, 0.3) is 0 Å². The van der Waals surface area contributed by atoms with Crippen molar-refractivity contribution < 1.29 is 0 Å². The zero-order chi connectivity index (χ0) is 18.6. The first-order chi connectivity index (χ1) is 11.4. The van der Waals surface area contributed by atoms with E-state index in [9.17, 15) is 0 Å². The molecule has 0 unspecified atom stereocenters. The van der Waals surface area contributed by atoms with Gasteiger partial charge in [0.2, 0.25) is 0 Å². The lowest BCUT2D eigenvalue weighted by atomic mass is 9.77. The van der Waals surface area contributed by atoms with Crippen molar-refractivity contribution in [1.82, 2.24) is 4.90 Å². The first-order valence-electron chi connectivity index (χ1n) is 10.5. The minimum Gasteiger partial charge on any atom is -0.346 e. The van der Waals surface area contributed by atoms with E-state index in [0.717, 1.165) is 30.0 Å². The van der Waals surface area contributed by atoms with Gasteiger partial charge >= 0.3 is 0 Å². The lowest BCUT2D eigenvalue weighted by Gasteiger charge is -2.55. The highest BCUT2D eigenvalue weighted by Gasteiger charge is 2.44. The molecule has 0 fully saturated rings. The average molecular weight is 374 g/mol. The smallest absolute Gasteiger partial charge is 0.134 e. The molecule has 0 aliphatic rings. The highest BCUT2D eigenvalue weighted by Crippen LogP contribution is 2.42. The number of rotatable bonds is 14. The van der Waals surface area contributed by atoms with Crippen LogP contribution in [0.3, 0.4) is 0 Å². The van der Waals surface area contributed by atoms with Crippen LogP contribution in [0.1, 0.15) is 119 Å². The number of hydrogen-bond donors (Lipinski definition) is 1. The summed E-state index contributed by atoms with van der Waals surface area (Å²) < 4.78 is 0.815. The Balaban J connectivity index is 5.72. The van der Waals surface area contributed by atoms with Crippen molar-refractivity contribution in [1.29, 1.82) is 0 Å². The summed E-state index contributed by atoms with van der Waals surface area (Å²) in [5.41, 5.74) is 0.346. The van der Waals surface area contributed by atoms with Crippen molar-refractivity contribution in [2.24, 2.45) is 0 Å². The van der Waals surface area contributed by atoms with Gasteiger partial charge in [-0.15, -0.1) is 12.6 Å². The van der Waals surface area contributed by atoms with Crippen LogP contribution in [0.4, 0.5) is 0 Å². The summed E-state index contributed by atoms with van der Waals surface area (Å²) in [5.74, 6) is 0. The third kappa shape index (κ3) is 6.20. The molecular formula is C21H43NS2. The van der Waals surface area contributed by atoms with Crippen molar-refractivity contribution in [3.63, 3.8) is 0 Å². The maximum Gasteiger partial charge on any atom is 0.134 e. The molecule has 0 bridgehead atoms. The van der Waals surface area contributed by atoms with Gasteiger partial charge in [0.15, 0.2) is 0 Å². The fourth-order valence-corrected chi connectivity index (χ4v) is 5.19. The zero-order valence-corrected chi connectivity index (χ0v) is 19.0. The van der Waals surface area contributed by atoms with E-state index in [1.54, 1.807) is 0 Å².